The van der Waals surface area contributed by atoms with Gasteiger partial charge in [-0.2, -0.15) is 0 Å². The summed E-state index contributed by atoms with van der Waals surface area (Å²) in [5.74, 6) is 1.31. The second-order valence-electron chi connectivity index (χ2n) is 7.59. The number of benzene rings is 2. The molecule has 0 aliphatic rings. The van der Waals surface area contributed by atoms with Crippen LogP contribution in [-0.2, 0) is 24.1 Å². The van der Waals surface area contributed by atoms with Gasteiger partial charge in [-0.3, -0.25) is 4.98 Å². The van der Waals surface area contributed by atoms with Crippen molar-refractivity contribution in [2.45, 2.75) is 32.6 Å². The molecule has 2 aromatic carbocycles. The van der Waals surface area contributed by atoms with E-state index in [1.165, 1.54) is 11.1 Å². The Morgan fingerprint density at radius 3 is 2.63 bits per heavy atom. The highest BCUT2D eigenvalue weighted by molar-refractivity contribution is 6.08. The molecule has 0 fully saturated rings. The molecule has 4 rings (SSSR count). The lowest BCUT2D eigenvalue weighted by Gasteiger charge is -2.11. The van der Waals surface area contributed by atoms with E-state index in [1.807, 2.05) is 18.3 Å². The van der Waals surface area contributed by atoms with Crippen molar-refractivity contribution < 1.29 is 9.53 Å². The molecule has 0 amide bonds. The SMILES string of the molecule is COc1ccc(CCc2cnc3c(N)nc4cc(CCC=O)ccc4c3c2)c(C)c1. The van der Waals surface area contributed by atoms with E-state index in [4.69, 9.17) is 10.5 Å². The molecule has 0 saturated heterocycles. The van der Waals surface area contributed by atoms with E-state index in [9.17, 15) is 4.79 Å². The fourth-order valence-corrected chi connectivity index (χ4v) is 3.87. The Bertz CT molecular complexity index is 1230. The van der Waals surface area contributed by atoms with Gasteiger partial charge in [0.05, 0.1) is 12.6 Å². The van der Waals surface area contributed by atoms with Gasteiger partial charge in [0.1, 0.15) is 17.6 Å². The lowest BCUT2D eigenvalue weighted by Crippen LogP contribution is -1.99. The van der Waals surface area contributed by atoms with Crippen molar-refractivity contribution in [3.8, 4) is 5.75 Å². The number of carbonyl (C=O) groups excluding carboxylic acids is 1. The summed E-state index contributed by atoms with van der Waals surface area (Å²) in [5.41, 5.74) is 12.5. The first-order valence-corrected chi connectivity index (χ1v) is 10.1. The summed E-state index contributed by atoms with van der Waals surface area (Å²) in [6, 6.07) is 14.5. The lowest BCUT2D eigenvalue weighted by molar-refractivity contribution is -0.107. The second-order valence-corrected chi connectivity index (χ2v) is 7.59. The number of aldehydes is 1. The zero-order valence-corrected chi connectivity index (χ0v) is 17.3. The number of pyridine rings is 2. The molecule has 30 heavy (non-hydrogen) atoms. The van der Waals surface area contributed by atoms with Crippen LogP contribution < -0.4 is 10.5 Å². The summed E-state index contributed by atoms with van der Waals surface area (Å²) < 4.78 is 5.30. The molecule has 5 heteroatoms. The van der Waals surface area contributed by atoms with E-state index in [0.29, 0.717) is 18.7 Å². The Kier molecular flexibility index (Phi) is 5.61. The van der Waals surface area contributed by atoms with E-state index in [0.717, 1.165) is 57.8 Å². The number of ether oxygens (including phenoxy) is 1. The van der Waals surface area contributed by atoms with E-state index < -0.39 is 0 Å². The standard InChI is InChI=1S/C25H25N3O2/c1-16-12-20(30-2)9-8-19(16)7-5-18-13-22-21-10-6-17(4-3-11-29)14-23(21)28-25(26)24(22)27-15-18/h6,8-15H,3-5,7H2,1-2H3,(H2,26,28). The summed E-state index contributed by atoms with van der Waals surface area (Å²) in [6.45, 7) is 2.11. The molecule has 0 unspecified atom stereocenters. The minimum atomic E-state index is 0.433. The van der Waals surface area contributed by atoms with Crippen molar-refractivity contribution in [2.24, 2.45) is 0 Å². The van der Waals surface area contributed by atoms with Crippen LogP contribution in [0.3, 0.4) is 0 Å². The molecule has 0 atom stereocenters. The molecule has 2 heterocycles. The third-order valence-electron chi connectivity index (χ3n) is 5.56. The maximum Gasteiger partial charge on any atom is 0.150 e. The number of hydrogen-bond acceptors (Lipinski definition) is 5. The number of nitrogens with two attached hydrogens (primary N) is 1. The summed E-state index contributed by atoms with van der Waals surface area (Å²) in [7, 11) is 1.69. The molecular weight excluding hydrogens is 374 g/mol. The summed E-state index contributed by atoms with van der Waals surface area (Å²) in [5, 5.41) is 2.05. The van der Waals surface area contributed by atoms with Crippen LogP contribution in [0.15, 0.2) is 48.7 Å². The van der Waals surface area contributed by atoms with Crippen molar-refractivity contribution in [1.29, 1.82) is 0 Å². The zero-order valence-electron chi connectivity index (χ0n) is 17.3. The summed E-state index contributed by atoms with van der Waals surface area (Å²) in [6.07, 6.45) is 5.86. The van der Waals surface area contributed by atoms with E-state index in [1.54, 1.807) is 7.11 Å². The van der Waals surface area contributed by atoms with Gasteiger partial charge in [0.2, 0.25) is 0 Å². The van der Waals surface area contributed by atoms with Crippen LogP contribution in [0.2, 0.25) is 0 Å². The topological polar surface area (TPSA) is 78.1 Å². The number of aromatic nitrogens is 2. The summed E-state index contributed by atoms with van der Waals surface area (Å²) >= 11 is 0. The molecule has 2 N–H and O–H groups in total. The number of nitrogen functional groups attached to an aromatic ring is 1. The molecule has 0 saturated carbocycles. The number of hydrogen-bond donors (Lipinski definition) is 1. The van der Waals surface area contributed by atoms with E-state index in [-0.39, 0.29) is 0 Å². The maximum absolute atomic E-state index is 10.7. The van der Waals surface area contributed by atoms with Gasteiger partial charge in [-0.1, -0.05) is 18.2 Å². The van der Waals surface area contributed by atoms with Crippen LogP contribution in [0.4, 0.5) is 5.82 Å². The maximum atomic E-state index is 10.7. The van der Waals surface area contributed by atoms with Gasteiger partial charge in [-0.05, 0) is 72.7 Å². The fraction of sp³-hybridized carbons (Fsp3) is 0.240. The fourth-order valence-electron chi connectivity index (χ4n) is 3.87. The number of aryl methyl sites for hydroxylation is 4. The number of rotatable bonds is 7. The minimum absolute atomic E-state index is 0.433. The van der Waals surface area contributed by atoms with Gasteiger partial charge in [0.15, 0.2) is 5.82 Å². The van der Waals surface area contributed by atoms with Crippen LogP contribution in [-0.4, -0.2) is 23.4 Å². The average Bonchev–Trinajstić information content (AvgIpc) is 2.76. The Morgan fingerprint density at radius 2 is 1.87 bits per heavy atom. The molecule has 152 valence electrons. The van der Waals surface area contributed by atoms with Crippen LogP contribution in [0.1, 0.15) is 28.7 Å². The number of fused-ring (bicyclic) bond motifs is 3. The van der Waals surface area contributed by atoms with Gasteiger partial charge in [-0.15, -0.1) is 0 Å². The van der Waals surface area contributed by atoms with Crippen LogP contribution in [0.25, 0.3) is 21.8 Å². The third kappa shape index (κ3) is 3.96. The number of methoxy groups -OCH3 is 1. The molecule has 0 bridgehead atoms. The smallest absolute Gasteiger partial charge is 0.150 e. The Balaban J connectivity index is 1.66. The molecule has 2 aromatic heterocycles. The van der Waals surface area contributed by atoms with Crippen molar-refractivity contribution in [3.63, 3.8) is 0 Å². The zero-order chi connectivity index (χ0) is 21.1. The monoisotopic (exact) mass is 399 g/mol. The number of carbonyl (C=O) groups is 1. The normalized spacial score (nSPS) is 11.1. The van der Waals surface area contributed by atoms with E-state index >= 15 is 0 Å². The minimum Gasteiger partial charge on any atom is -0.497 e. The molecule has 0 radical (unpaired) electrons. The van der Waals surface area contributed by atoms with Crippen molar-refractivity contribution in [3.05, 3.63) is 70.9 Å². The lowest BCUT2D eigenvalue weighted by atomic mass is 9.99. The largest absolute Gasteiger partial charge is 0.497 e. The van der Waals surface area contributed by atoms with Gasteiger partial charge in [0.25, 0.3) is 0 Å². The highest BCUT2D eigenvalue weighted by Gasteiger charge is 2.10. The first-order chi connectivity index (χ1) is 14.6. The quantitative estimate of drug-likeness (QED) is 0.363. The first-order valence-electron chi connectivity index (χ1n) is 10.1. The third-order valence-corrected chi connectivity index (χ3v) is 5.56. The molecular formula is C25H25N3O2. The van der Waals surface area contributed by atoms with Crippen LogP contribution >= 0.6 is 0 Å². The number of nitrogens with zero attached hydrogens (tertiary/aromatic N) is 2. The van der Waals surface area contributed by atoms with Gasteiger partial charge in [-0.25, -0.2) is 4.98 Å². The first kappa shape index (κ1) is 19.8. The van der Waals surface area contributed by atoms with Crippen LogP contribution in [0, 0.1) is 6.92 Å². The van der Waals surface area contributed by atoms with Crippen LogP contribution in [0.5, 0.6) is 5.75 Å². The molecule has 0 spiro atoms. The molecule has 0 aliphatic heterocycles. The van der Waals surface area contributed by atoms with Crippen molar-refractivity contribution in [2.75, 3.05) is 12.8 Å². The van der Waals surface area contributed by atoms with Gasteiger partial charge in [0, 0.05) is 23.4 Å². The van der Waals surface area contributed by atoms with Gasteiger partial charge >= 0.3 is 0 Å². The van der Waals surface area contributed by atoms with E-state index in [2.05, 4.69) is 47.2 Å². The molecule has 5 nitrogen and oxygen atoms in total. The average molecular weight is 399 g/mol. The Morgan fingerprint density at radius 1 is 1.00 bits per heavy atom. The summed E-state index contributed by atoms with van der Waals surface area (Å²) in [4.78, 5) is 19.8. The highest BCUT2D eigenvalue weighted by Crippen LogP contribution is 2.28. The Hall–Kier alpha value is -3.47. The second kappa shape index (κ2) is 8.49. The van der Waals surface area contributed by atoms with Gasteiger partial charge < -0.3 is 15.3 Å². The predicted octanol–water partition coefficient (Wildman–Crippen LogP) is 4.60. The number of anilines is 1. The van der Waals surface area contributed by atoms with Crippen molar-refractivity contribution >= 4 is 33.9 Å². The molecule has 4 aromatic rings. The molecule has 0 aliphatic carbocycles. The highest BCUT2D eigenvalue weighted by atomic mass is 16.5. The predicted molar refractivity (Wildman–Crippen MR) is 121 cm³/mol. The van der Waals surface area contributed by atoms with Crippen molar-refractivity contribution in [1.82, 2.24) is 9.97 Å². The Labute approximate surface area is 175 Å².